The summed E-state index contributed by atoms with van der Waals surface area (Å²) in [4.78, 5) is 35.5. The highest BCUT2D eigenvalue weighted by atomic mass is 16.2. The van der Waals surface area contributed by atoms with Crippen LogP contribution in [-0.4, -0.2) is 46.4 Å². The van der Waals surface area contributed by atoms with Crippen molar-refractivity contribution in [1.82, 2.24) is 15.3 Å². The molecule has 0 unspecified atom stereocenters. The number of carbonyl (C=O) groups excluding carboxylic acids is 3. The zero-order valence-electron chi connectivity index (χ0n) is 10.8. The Morgan fingerprint density at radius 3 is 2.72 bits per heavy atom. The zero-order chi connectivity index (χ0) is 13.3. The first-order valence-corrected chi connectivity index (χ1v) is 6.41. The maximum Gasteiger partial charge on any atom is 0.263 e. The number of rotatable bonds is 1. The molecular weight excluding hydrogens is 234 g/mol. The van der Waals surface area contributed by atoms with Gasteiger partial charge >= 0.3 is 0 Å². The SMILES string of the molecule is CC(=O)N[C@H]1CCC(=O)N2CCC[C@@H](C)N2C1=O. The van der Waals surface area contributed by atoms with Crippen LogP contribution in [0.3, 0.4) is 0 Å². The Balaban J connectivity index is 2.23. The fourth-order valence-corrected chi connectivity index (χ4v) is 2.64. The maximum atomic E-state index is 12.4. The van der Waals surface area contributed by atoms with E-state index >= 15 is 0 Å². The monoisotopic (exact) mass is 253 g/mol. The van der Waals surface area contributed by atoms with Crippen molar-refractivity contribution >= 4 is 17.7 Å². The van der Waals surface area contributed by atoms with Crippen LogP contribution in [0.25, 0.3) is 0 Å². The molecule has 0 aromatic carbocycles. The molecular formula is C12H19N3O3. The van der Waals surface area contributed by atoms with Crippen LogP contribution in [-0.2, 0) is 14.4 Å². The standard InChI is InChI=1S/C12H19N3O3/c1-8-4-3-7-14-11(17)6-5-10(13-9(2)16)12(18)15(8)14/h8,10H,3-7H2,1-2H3,(H,13,16)/t8-,10+/m1/s1. The van der Waals surface area contributed by atoms with E-state index in [0.717, 1.165) is 12.8 Å². The second-order valence-corrected chi connectivity index (χ2v) is 4.98. The van der Waals surface area contributed by atoms with Gasteiger partial charge in [0.1, 0.15) is 6.04 Å². The number of nitrogens with one attached hydrogen (secondary N) is 1. The quantitative estimate of drug-likeness (QED) is 0.717. The molecule has 2 fully saturated rings. The summed E-state index contributed by atoms with van der Waals surface area (Å²) >= 11 is 0. The lowest BCUT2D eigenvalue weighted by Gasteiger charge is -2.42. The second kappa shape index (κ2) is 4.96. The second-order valence-electron chi connectivity index (χ2n) is 4.98. The third kappa shape index (κ3) is 2.32. The average Bonchev–Trinajstić information content (AvgIpc) is 2.42. The Labute approximate surface area is 106 Å². The lowest BCUT2D eigenvalue weighted by molar-refractivity contribution is -0.172. The average molecular weight is 253 g/mol. The number of hydrogen-bond acceptors (Lipinski definition) is 3. The van der Waals surface area contributed by atoms with Crippen molar-refractivity contribution in [2.24, 2.45) is 0 Å². The van der Waals surface area contributed by atoms with Gasteiger partial charge in [0.2, 0.25) is 11.8 Å². The van der Waals surface area contributed by atoms with E-state index in [1.807, 2.05) is 6.92 Å². The molecule has 0 bridgehead atoms. The van der Waals surface area contributed by atoms with Gasteiger partial charge in [0.25, 0.3) is 5.91 Å². The molecule has 0 aromatic heterocycles. The summed E-state index contributed by atoms with van der Waals surface area (Å²) in [6.45, 7) is 3.92. The van der Waals surface area contributed by atoms with Gasteiger partial charge in [-0.05, 0) is 26.2 Å². The first kappa shape index (κ1) is 12.9. The molecule has 0 aliphatic carbocycles. The molecule has 0 saturated carbocycles. The Morgan fingerprint density at radius 1 is 1.33 bits per heavy atom. The van der Waals surface area contributed by atoms with E-state index < -0.39 is 6.04 Å². The summed E-state index contributed by atoms with van der Waals surface area (Å²) in [6, 6.07) is -0.554. The van der Waals surface area contributed by atoms with Crippen molar-refractivity contribution in [3.63, 3.8) is 0 Å². The molecule has 1 N–H and O–H groups in total. The predicted molar refractivity (Wildman–Crippen MR) is 64.1 cm³/mol. The molecule has 2 atom stereocenters. The minimum absolute atomic E-state index is 0.0181. The number of hydrogen-bond donors (Lipinski definition) is 1. The van der Waals surface area contributed by atoms with Crippen molar-refractivity contribution < 1.29 is 14.4 Å². The summed E-state index contributed by atoms with van der Waals surface area (Å²) in [5, 5.41) is 5.73. The third-order valence-corrected chi connectivity index (χ3v) is 3.51. The minimum Gasteiger partial charge on any atom is -0.344 e. The van der Waals surface area contributed by atoms with E-state index in [1.54, 1.807) is 10.0 Å². The van der Waals surface area contributed by atoms with E-state index in [4.69, 9.17) is 0 Å². The van der Waals surface area contributed by atoms with Crippen molar-refractivity contribution in [3.05, 3.63) is 0 Å². The Kier molecular flexibility index (Phi) is 3.54. The van der Waals surface area contributed by atoms with Gasteiger partial charge in [0, 0.05) is 19.9 Å². The van der Waals surface area contributed by atoms with Crippen LogP contribution in [0.1, 0.15) is 39.5 Å². The molecule has 100 valence electrons. The van der Waals surface area contributed by atoms with Crippen molar-refractivity contribution in [2.45, 2.75) is 51.6 Å². The number of nitrogens with zero attached hydrogens (tertiary/aromatic N) is 2. The third-order valence-electron chi connectivity index (χ3n) is 3.51. The molecule has 6 nitrogen and oxygen atoms in total. The number of carbonyl (C=O) groups is 3. The molecule has 3 amide bonds. The highest BCUT2D eigenvalue weighted by molar-refractivity contribution is 5.91. The van der Waals surface area contributed by atoms with Gasteiger partial charge in [0.15, 0.2) is 0 Å². The van der Waals surface area contributed by atoms with E-state index in [0.29, 0.717) is 19.4 Å². The summed E-state index contributed by atoms with van der Waals surface area (Å²) < 4.78 is 0. The van der Waals surface area contributed by atoms with Crippen LogP contribution in [0.15, 0.2) is 0 Å². The van der Waals surface area contributed by atoms with Gasteiger partial charge in [-0.2, -0.15) is 0 Å². The largest absolute Gasteiger partial charge is 0.344 e. The van der Waals surface area contributed by atoms with Gasteiger partial charge in [0.05, 0.1) is 6.04 Å². The van der Waals surface area contributed by atoms with Crippen LogP contribution >= 0.6 is 0 Å². The highest BCUT2D eigenvalue weighted by Gasteiger charge is 2.39. The Bertz CT molecular complexity index is 383. The molecule has 2 rings (SSSR count). The first-order valence-electron chi connectivity index (χ1n) is 6.41. The Morgan fingerprint density at radius 2 is 2.06 bits per heavy atom. The molecule has 2 aliphatic heterocycles. The van der Waals surface area contributed by atoms with Crippen LogP contribution in [0, 0.1) is 0 Å². The van der Waals surface area contributed by atoms with Gasteiger partial charge in [-0.25, -0.2) is 5.01 Å². The number of amides is 3. The van der Waals surface area contributed by atoms with Gasteiger partial charge in [-0.3, -0.25) is 19.4 Å². The smallest absolute Gasteiger partial charge is 0.263 e. The van der Waals surface area contributed by atoms with Crippen LogP contribution in [0.5, 0.6) is 0 Å². The van der Waals surface area contributed by atoms with E-state index in [1.165, 1.54) is 6.92 Å². The summed E-state index contributed by atoms with van der Waals surface area (Å²) in [5.41, 5.74) is 0. The molecule has 0 spiro atoms. The summed E-state index contributed by atoms with van der Waals surface area (Å²) in [6.07, 6.45) is 2.50. The minimum atomic E-state index is -0.572. The number of fused-ring (bicyclic) bond motifs is 1. The lowest BCUT2D eigenvalue weighted by atomic mass is 10.1. The van der Waals surface area contributed by atoms with Crippen molar-refractivity contribution in [3.8, 4) is 0 Å². The summed E-state index contributed by atoms with van der Waals surface area (Å²) in [5.74, 6) is -0.426. The van der Waals surface area contributed by atoms with Gasteiger partial charge in [-0.15, -0.1) is 0 Å². The first-order chi connectivity index (χ1) is 8.50. The predicted octanol–water partition coefficient (Wildman–Crippen LogP) is 0.0394. The van der Waals surface area contributed by atoms with Crippen LogP contribution < -0.4 is 5.32 Å². The molecule has 0 aromatic rings. The van der Waals surface area contributed by atoms with Crippen LogP contribution in [0.2, 0.25) is 0 Å². The van der Waals surface area contributed by atoms with Crippen LogP contribution in [0.4, 0.5) is 0 Å². The normalized spacial score (nSPS) is 28.8. The number of hydrazine groups is 1. The zero-order valence-corrected chi connectivity index (χ0v) is 10.8. The molecule has 2 saturated heterocycles. The van der Waals surface area contributed by atoms with Crippen molar-refractivity contribution in [1.29, 1.82) is 0 Å². The Hall–Kier alpha value is -1.59. The lowest BCUT2D eigenvalue weighted by Crippen LogP contribution is -2.59. The van der Waals surface area contributed by atoms with Gasteiger partial charge < -0.3 is 5.32 Å². The van der Waals surface area contributed by atoms with E-state index in [-0.39, 0.29) is 23.8 Å². The fraction of sp³-hybridized carbons (Fsp3) is 0.750. The topological polar surface area (TPSA) is 69.7 Å². The molecule has 2 aliphatic rings. The van der Waals surface area contributed by atoms with Gasteiger partial charge in [-0.1, -0.05) is 0 Å². The molecule has 6 heteroatoms. The highest BCUT2D eigenvalue weighted by Crippen LogP contribution is 2.24. The van der Waals surface area contributed by atoms with Crippen molar-refractivity contribution in [2.75, 3.05) is 6.54 Å². The van der Waals surface area contributed by atoms with E-state index in [2.05, 4.69) is 5.32 Å². The molecule has 2 heterocycles. The molecule has 18 heavy (non-hydrogen) atoms. The fourth-order valence-electron chi connectivity index (χ4n) is 2.64. The van der Waals surface area contributed by atoms with E-state index in [9.17, 15) is 14.4 Å². The molecule has 0 radical (unpaired) electrons. The summed E-state index contributed by atoms with van der Waals surface area (Å²) in [7, 11) is 0. The maximum absolute atomic E-state index is 12.4.